The fourth-order valence-corrected chi connectivity index (χ4v) is 2.72. The number of benzene rings is 2. The predicted molar refractivity (Wildman–Crippen MR) is 105 cm³/mol. The molecule has 0 saturated carbocycles. The molecule has 160 valence electrons. The minimum absolute atomic E-state index is 0.315. The minimum atomic E-state index is -1.21. The van der Waals surface area contributed by atoms with Crippen molar-refractivity contribution in [3.8, 4) is 5.75 Å². The molecule has 0 heterocycles. The molecule has 2 atom stereocenters. The molecule has 0 saturated heterocycles. The third kappa shape index (κ3) is 5.40. The summed E-state index contributed by atoms with van der Waals surface area (Å²) < 4.78 is 37.9. The summed E-state index contributed by atoms with van der Waals surface area (Å²) >= 11 is 0. The van der Waals surface area contributed by atoms with Gasteiger partial charge in [-0.15, -0.1) is 0 Å². The average Bonchev–Trinajstić information content (AvgIpc) is 2.71. The maximum atomic E-state index is 13.8. The summed E-state index contributed by atoms with van der Waals surface area (Å²) in [5.41, 5.74) is -0.479. The van der Waals surface area contributed by atoms with Crippen molar-refractivity contribution in [3.05, 3.63) is 65.2 Å². The van der Waals surface area contributed by atoms with Crippen LogP contribution in [-0.2, 0) is 9.53 Å². The van der Waals surface area contributed by atoms with Crippen LogP contribution in [0.3, 0.4) is 0 Å². The second-order valence-electron chi connectivity index (χ2n) is 6.96. The molecule has 0 aliphatic heterocycles. The fourth-order valence-electron chi connectivity index (χ4n) is 2.72. The number of hydrogen-bond donors (Lipinski definition) is 1. The number of ether oxygens (including phenoxy) is 2. The van der Waals surface area contributed by atoms with Crippen LogP contribution in [0.15, 0.2) is 42.5 Å². The fraction of sp³-hybridized carbons (Fsp3) is 0.318. The number of carbonyl (C=O) groups is 3. The topological polar surface area (TPSA) is 81.7 Å². The quantitative estimate of drug-likeness (QED) is 0.523. The normalized spacial score (nSPS) is 12.8. The van der Waals surface area contributed by atoms with Gasteiger partial charge in [-0.05, 0) is 49.2 Å². The maximum absolute atomic E-state index is 13.8. The Morgan fingerprint density at radius 3 is 2.00 bits per heavy atom. The molecular formula is C22H23F2NO5. The van der Waals surface area contributed by atoms with Crippen molar-refractivity contribution in [2.24, 2.45) is 5.92 Å². The Bertz CT molecular complexity index is 907. The number of halogens is 2. The molecule has 0 aliphatic rings. The Morgan fingerprint density at radius 1 is 0.933 bits per heavy atom. The summed E-state index contributed by atoms with van der Waals surface area (Å²) in [6.07, 6.45) is -1.13. The highest BCUT2D eigenvalue weighted by Crippen LogP contribution is 2.16. The van der Waals surface area contributed by atoms with E-state index in [0.29, 0.717) is 11.3 Å². The standard InChI is InChI=1S/C22H23F2NO5/c1-12(2)19(25-21(27)18-16(23)6-5-7-17(18)24)22(28)30-13(3)20(26)14-8-10-15(29-4)11-9-14/h5-13,19H,1-4H3,(H,25,27)/t13-,19-/m0/s1. The molecule has 6 nitrogen and oxygen atoms in total. The van der Waals surface area contributed by atoms with E-state index in [1.807, 2.05) is 0 Å². The van der Waals surface area contributed by atoms with Crippen LogP contribution in [0.1, 0.15) is 41.5 Å². The summed E-state index contributed by atoms with van der Waals surface area (Å²) in [4.78, 5) is 37.4. The van der Waals surface area contributed by atoms with Crippen molar-refractivity contribution < 1.29 is 32.6 Å². The van der Waals surface area contributed by atoms with Crippen LogP contribution in [0, 0.1) is 17.6 Å². The van der Waals surface area contributed by atoms with Gasteiger partial charge in [-0.1, -0.05) is 19.9 Å². The highest BCUT2D eigenvalue weighted by molar-refractivity contribution is 6.01. The molecular weight excluding hydrogens is 396 g/mol. The SMILES string of the molecule is COc1ccc(C(=O)[C@H](C)OC(=O)[C@@H](NC(=O)c2c(F)cccc2F)C(C)C)cc1. The highest BCUT2D eigenvalue weighted by atomic mass is 19.1. The number of ketones is 1. The van der Waals surface area contributed by atoms with Gasteiger partial charge in [0.1, 0.15) is 29.0 Å². The van der Waals surface area contributed by atoms with Crippen LogP contribution in [0.5, 0.6) is 5.75 Å². The van der Waals surface area contributed by atoms with Gasteiger partial charge < -0.3 is 14.8 Å². The summed E-state index contributed by atoms with van der Waals surface area (Å²) in [6.45, 7) is 4.65. The van der Waals surface area contributed by atoms with Gasteiger partial charge in [0.25, 0.3) is 5.91 Å². The van der Waals surface area contributed by atoms with Crippen molar-refractivity contribution in [2.45, 2.75) is 32.9 Å². The molecule has 1 N–H and O–H groups in total. The number of amides is 1. The van der Waals surface area contributed by atoms with Crippen LogP contribution in [0.25, 0.3) is 0 Å². The van der Waals surface area contributed by atoms with Gasteiger partial charge in [0.2, 0.25) is 5.78 Å². The number of rotatable bonds is 8. The van der Waals surface area contributed by atoms with Crippen LogP contribution in [0.4, 0.5) is 8.78 Å². The first-order valence-electron chi connectivity index (χ1n) is 9.29. The van der Waals surface area contributed by atoms with Crippen LogP contribution >= 0.6 is 0 Å². The molecule has 8 heteroatoms. The van der Waals surface area contributed by atoms with Gasteiger partial charge in [0, 0.05) is 5.56 Å². The molecule has 0 radical (unpaired) electrons. The van der Waals surface area contributed by atoms with E-state index in [9.17, 15) is 23.2 Å². The Kier molecular flexibility index (Phi) is 7.63. The zero-order valence-corrected chi connectivity index (χ0v) is 17.1. The lowest BCUT2D eigenvalue weighted by Gasteiger charge is -2.23. The van der Waals surface area contributed by atoms with E-state index < -0.39 is 52.9 Å². The van der Waals surface area contributed by atoms with E-state index >= 15 is 0 Å². The van der Waals surface area contributed by atoms with Gasteiger partial charge in [-0.3, -0.25) is 9.59 Å². The van der Waals surface area contributed by atoms with Gasteiger partial charge in [-0.2, -0.15) is 0 Å². The van der Waals surface area contributed by atoms with Gasteiger partial charge >= 0.3 is 5.97 Å². The smallest absolute Gasteiger partial charge is 0.329 e. The molecule has 0 fully saturated rings. The molecule has 0 bridgehead atoms. The van der Waals surface area contributed by atoms with Crippen LogP contribution < -0.4 is 10.1 Å². The number of nitrogens with one attached hydrogen (secondary N) is 1. The van der Waals surface area contributed by atoms with Gasteiger partial charge in [0.05, 0.1) is 7.11 Å². The van der Waals surface area contributed by atoms with E-state index in [2.05, 4.69) is 5.32 Å². The largest absolute Gasteiger partial charge is 0.497 e. The summed E-state index contributed by atoms with van der Waals surface area (Å²) in [5.74, 6) is -4.41. The van der Waals surface area contributed by atoms with E-state index in [0.717, 1.165) is 18.2 Å². The van der Waals surface area contributed by atoms with Crippen molar-refractivity contribution in [1.82, 2.24) is 5.32 Å². The minimum Gasteiger partial charge on any atom is -0.497 e. The second kappa shape index (κ2) is 9.96. The zero-order chi connectivity index (χ0) is 22.4. The maximum Gasteiger partial charge on any atom is 0.329 e. The van der Waals surface area contributed by atoms with Crippen LogP contribution in [-0.4, -0.2) is 36.9 Å². The predicted octanol–water partition coefficient (Wildman–Crippen LogP) is 3.54. The van der Waals surface area contributed by atoms with Crippen molar-refractivity contribution in [3.63, 3.8) is 0 Å². The lowest BCUT2D eigenvalue weighted by molar-refractivity contribution is -0.149. The van der Waals surface area contributed by atoms with Crippen molar-refractivity contribution >= 4 is 17.7 Å². The lowest BCUT2D eigenvalue weighted by atomic mass is 10.0. The molecule has 2 aromatic rings. The van der Waals surface area contributed by atoms with Crippen molar-refractivity contribution in [2.75, 3.05) is 7.11 Å². The van der Waals surface area contributed by atoms with E-state index in [1.165, 1.54) is 26.2 Å². The molecule has 1 amide bonds. The Morgan fingerprint density at radius 2 is 1.50 bits per heavy atom. The molecule has 30 heavy (non-hydrogen) atoms. The summed E-state index contributed by atoms with van der Waals surface area (Å²) in [7, 11) is 1.49. The Hall–Kier alpha value is -3.29. The third-order valence-electron chi connectivity index (χ3n) is 4.43. The number of Topliss-reactive ketones (excluding diaryl/α,β-unsaturated/α-hetero) is 1. The summed E-state index contributed by atoms with van der Waals surface area (Å²) in [5, 5.41) is 2.29. The second-order valence-corrected chi connectivity index (χ2v) is 6.96. The number of esters is 1. The highest BCUT2D eigenvalue weighted by Gasteiger charge is 2.31. The number of methoxy groups -OCH3 is 1. The molecule has 0 unspecified atom stereocenters. The zero-order valence-electron chi connectivity index (χ0n) is 17.1. The van der Waals surface area contributed by atoms with E-state index in [1.54, 1.807) is 26.0 Å². The van der Waals surface area contributed by atoms with Crippen molar-refractivity contribution in [1.29, 1.82) is 0 Å². The van der Waals surface area contributed by atoms with E-state index in [4.69, 9.17) is 9.47 Å². The van der Waals surface area contributed by atoms with Gasteiger partial charge in [-0.25, -0.2) is 13.6 Å². The lowest BCUT2D eigenvalue weighted by Crippen LogP contribution is -2.47. The molecule has 2 aromatic carbocycles. The van der Waals surface area contributed by atoms with Crippen LogP contribution in [0.2, 0.25) is 0 Å². The number of hydrogen-bond acceptors (Lipinski definition) is 5. The molecule has 2 rings (SSSR count). The first-order valence-corrected chi connectivity index (χ1v) is 9.29. The first kappa shape index (κ1) is 23.0. The Balaban J connectivity index is 2.11. The molecule has 0 aromatic heterocycles. The number of carbonyl (C=O) groups excluding carboxylic acids is 3. The average molecular weight is 419 g/mol. The van der Waals surface area contributed by atoms with Gasteiger partial charge in [0.15, 0.2) is 6.10 Å². The summed E-state index contributed by atoms with van der Waals surface area (Å²) in [6, 6.07) is 8.07. The third-order valence-corrected chi connectivity index (χ3v) is 4.43. The molecule has 0 spiro atoms. The first-order chi connectivity index (χ1) is 14.1. The Labute approximate surface area is 173 Å². The molecule has 0 aliphatic carbocycles. The van der Waals surface area contributed by atoms with E-state index in [-0.39, 0.29) is 0 Å². The monoisotopic (exact) mass is 419 g/mol.